The first-order valence-corrected chi connectivity index (χ1v) is 5.18. The van der Waals surface area contributed by atoms with Crippen LogP contribution in [-0.4, -0.2) is 10.2 Å². The highest BCUT2D eigenvalue weighted by Gasteiger charge is 2.08. The minimum absolute atomic E-state index is 0.454. The number of carbonyl (C=O) groups is 1. The molecule has 0 aliphatic heterocycles. The molecule has 0 bridgehead atoms. The van der Waals surface area contributed by atoms with Crippen molar-refractivity contribution < 1.29 is 4.79 Å². The third-order valence-electron chi connectivity index (χ3n) is 1.72. The highest BCUT2D eigenvalue weighted by atomic mass is 35.5. The van der Waals surface area contributed by atoms with E-state index in [9.17, 15) is 4.79 Å². The highest BCUT2D eigenvalue weighted by Crippen LogP contribution is 2.25. The van der Waals surface area contributed by atoms with Crippen LogP contribution in [0.1, 0.15) is 9.67 Å². The molecule has 0 radical (unpaired) electrons. The van der Waals surface area contributed by atoms with Gasteiger partial charge < -0.3 is 0 Å². The van der Waals surface area contributed by atoms with E-state index >= 15 is 0 Å². The number of hydrogen-bond acceptors (Lipinski definition) is 3. The van der Waals surface area contributed by atoms with Crippen LogP contribution in [0.25, 0.3) is 10.6 Å². The largest absolute Gasteiger partial charge is 0.275 e. The Balaban J connectivity index is 2.39. The van der Waals surface area contributed by atoms with Crippen LogP contribution in [-0.2, 0) is 0 Å². The van der Waals surface area contributed by atoms with Gasteiger partial charge >= 0.3 is 0 Å². The molecule has 1 aromatic heterocycles. The predicted molar refractivity (Wildman–Crippen MR) is 57.7 cm³/mol. The van der Waals surface area contributed by atoms with E-state index < -0.39 is 5.24 Å². The molecule has 4 heteroatoms. The molecule has 70 valence electrons. The van der Waals surface area contributed by atoms with E-state index in [4.69, 9.17) is 11.6 Å². The van der Waals surface area contributed by atoms with Gasteiger partial charge in [-0.2, -0.15) is 0 Å². The van der Waals surface area contributed by atoms with Gasteiger partial charge in [0.15, 0.2) is 0 Å². The Morgan fingerprint density at radius 2 is 2.00 bits per heavy atom. The van der Waals surface area contributed by atoms with Crippen molar-refractivity contribution in [3.8, 4) is 10.6 Å². The molecule has 2 rings (SSSR count). The molecule has 2 nitrogen and oxygen atoms in total. The summed E-state index contributed by atoms with van der Waals surface area (Å²) < 4.78 is 0. The molecule has 14 heavy (non-hydrogen) atoms. The average Bonchev–Trinajstić information content (AvgIpc) is 2.68. The summed E-state index contributed by atoms with van der Waals surface area (Å²) in [5.41, 5.74) is 1.00. The summed E-state index contributed by atoms with van der Waals surface area (Å²) in [7, 11) is 0. The molecule has 0 aliphatic carbocycles. The normalized spacial score (nSPS) is 10.1. The molecule has 0 fully saturated rings. The van der Waals surface area contributed by atoms with E-state index in [1.807, 2.05) is 30.3 Å². The van der Waals surface area contributed by atoms with Crippen LogP contribution in [0.4, 0.5) is 0 Å². The lowest BCUT2D eigenvalue weighted by atomic mass is 10.2. The summed E-state index contributed by atoms with van der Waals surface area (Å²) in [6, 6.07) is 9.69. The second-order valence-corrected chi connectivity index (χ2v) is 4.04. The van der Waals surface area contributed by atoms with Gasteiger partial charge in [0, 0.05) is 5.56 Å². The Labute approximate surface area is 90.2 Å². The number of thiazole rings is 1. The summed E-state index contributed by atoms with van der Waals surface area (Å²) in [4.78, 5) is 15.4. The Bertz CT molecular complexity index is 452. The van der Waals surface area contributed by atoms with Crippen LogP contribution < -0.4 is 0 Å². The Morgan fingerprint density at radius 3 is 2.57 bits per heavy atom. The summed E-state index contributed by atoms with van der Waals surface area (Å²) in [6.07, 6.45) is 1.50. The zero-order valence-electron chi connectivity index (χ0n) is 7.11. The van der Waals surface area contributed by atoms with Crippen LogP contribution in [0, 0.1) is 0 Å². The smallest absolute Gasteiger partial charge is 0.264 e. The van der Waals surface area contributed by atoms with Gasteiger partial charge in [0.05, 0.1) is 6.20 Å². The van der Waals surface area contributed by atoms with Crippen LogP contribution in [0.2, 0.25) is 0 Å². The average molecular weight is 224 g/mol. The van der Waals surface area contributed by atoms with Gasteiger partial charge in [-0.1, -0.05) is 30.3 Å². The fourth-order valence-electron chi connectivity index (χ4n) is 1.08. The van der Waals surface area contributed by atoms with Gasteiger partial charge in [0.25, 0.3) is 5.24 Å². The van der Waals surface area contributed by atoms with Crippen molar-refractivity contribution in [1.29, 1.82) is 0 Å². The van der Waals surface area contributed by atoms with Crippen molar-refractivity contribution in [2.24, 2.45) is 0 Å². The number of benzene rings is 1. The molecular weight excluding hydrogens is 218 g/mol. The molecule has 0 atom stereocenters. The molecule has 0 saturated carbocycles. The summed E-state index contributed by atoms with van der Waals surface area (Å²) >= 11 is 6.64. The monoisotopic (exact) mass is 223 g/mol. The number of hydrogen-bond donors (Lipinski definition) is 0. The molecule has 1 heterocycles. The standard InChI is InChI=1S/C10H6ClNOS/c11-9(13)8-6-12-10(14-8)7-4-2-1-3-5-7/h1-6H. The first kappa shape index (κ1) is 9.37. The molecule has 0 aliphatic rings. The molecule has 0 N–H and O–H groups in total. The Hall–Kier alpha value is -1.19. The van der Waals surface area contributed by atoms with Crippen molar-refractivity contribution in [3.63, 3.8) is 0 Å². The van der Waals surface area contributed by atoms with Crippen LogP contribution in [0.5, 0.6) is 0 Å². The van der Waals surface area contributed by atoms with Gasteiger partial charge in [0.1, 0.15) is 9.88 Å². The summed E-state index contributed by atoms with van der Waals surface area (Å²) in [5, 5.41) is 0.360. The van der Waals surface area contributed by atoms with E-state index in [0.29, 0.717) is 4.88 Å². The van der Waals surface area contributed by atoms with Crippen LogP contribution >= 0.6 is 22.9 Å². The molecule has 1 aromatic carbocycles. The SMILES string of the molecule is O=C(Cl)c1cnc(-c2ccccc2)s1. The van der Waals surface area contributed by atoms with Gasteiger partial charge in [-0.25, -0.2) is 4.98 Å². The maximum absolute atomic E-state index is 10.8. The minimum Gasteiger partial charge on any atom is -0.275 e. The van der Waals surface area contributed by atoms with E-state index in [1.54, 1.807) is 0 Å². The van der Waals surface area contributed by atoms with Crippen molar-refractivity contribution >= 4 is 28.2 Å². The lowest BCUT2D eigenvalue weighted by Gasteiger charge is -1.92. The number of nitrogens with zero attached hydrogens (tertiary/aromatic N) is 1. The maximum Gasteiger partial charge on any atom is 0.264 e. The summed E-state index contributed by atoms with van der Waals surface area (Å²) in [5.74, 6) is 0. The fraction of sp³-hybridized carbons (Fsp3) is 0. The van der Waals surface area contributed by atoms with Crippen LogP contribution in [0.15, 0.2) is 36.5 Å². The quantitative estimate of drug-likeness (QED) is 0.732. The van der Waals surface area contributed by atoms with E-state index in [-0.39, 0.29) is 0 Å². The second-order valence-electron chi connectivity index (χ2n) is 2.67. The van der Waals surface area contributed by atoms with E-state index in [0.717, 1.165) is 10.6 Å². The molecular formula is C10H6ClNOS. The van der Waals surface area contributed by atoms with Crippen molar-refractivity contribution in [2.75, 3.05) is 0 Å². The predicted octanol–water partition coefficient (Wildman–Crippen LogP) is 3.19. The van der Waals surface area contributed by atoms with E-state index in [2.05, 4.69) is 4.98 Å². The topological polar surface area (TPSA) is 30.0 Å². The van der Waals surface area contributed by atoms with Gasteiger partial charge in [-0.3, -0.25) is 4.79 Å². The molecule has 0 unspecified atom stereocenters. The third kappa shape index (κ3) is 1.84. The van der Waals surface area contributed by atoms with Crippen molar-refractivity contribution in [2.45, 2.75) is 0 Å². The van der Waals surface area contributed by atoms with Crippen molar-refractivity contribution in [3.05, 3.63) is 41.4 Å². The number of aromatic nitrogens is 1. The highest BCUT2D eigenvalue weighted by molar-refractivity contribution is 7.18. The number of carbonyl (C=O) groups excluding carboxylic acids is 1. The minimum atomic E-state index is -0.454. The fourth-order valence-corrected chi connectivity index (χ4v) is 2.00. The first-order chi connectivity index (χ1) is 6.77. The molecule has 0 saturated heterocycles. The Kier molecular flexibility index (Phi) is 2.61. The number of halogens is 1. The van der Waals surface area contributed by atoms with Gasteiger partial charge in [-0.05, 0) is 11.6 Å². The molecule has 0 amide bonds. The Morgan fingerprint density at radius 1 is 1.29 bits per heavy atom. The first-order valence-electron chi connectivity index (χ1n) is 3.98. The van der Waals surface area contributed by atoms with Gasteiger partial charge in [-0.15, -0.1) is 11.3 Å². The van der Waals surface area contributed by atoms with E-state index in [1.165, 1.54) is 17.5 Å². The van der Waals surface area contributed by atoms with Crippen molar-refractivity contribution in [1.82, 2.24) is 4.98 Å². The second kappa shape index (κ2) is 3.90. The third-order valence-corrected chi connectivity index (χ3v) is 3.08. The zero-order valence-corrected chi connectivity index (χ0v) is 8.68. The number of rotatable bonds is 2. The molecule has 2 aromatic rings. The lowest BCUT2D eigenvalue weighted by Crippen LogP contribution is -1.78. The molecule has 0 spiro atoms. The van der Waals surface area contributed by atoms with Gasteiger partial charge in [0.2, 0.25) is 0 Å². The maximum atomic E-state index is 10.8. The zero-order chi connectivity index (χ0) is 9.97. The lowest BCUT2D eigenvalue weighted by molar-refractivity contribution is 0.108. The summed E-state index contributed by atoms with van der Waals surface area (Å²) in [6.45, 7) is 0. The van der Waals surface area contributed by atoms with Crippen LogP contribution in [0.3, 0.4) is 0 Å².